The molecule has 2 aromatic carbocycles. The van der Waals surface area contributed by atoms with E-state index in [9.17, 15) is 9.18 Å². The first-order valence-electron chi connectivity index (χ1n) is 14.1. The number of ether oxygens (including phenoxy) is 2. The summed E-state index contributed by atoms with van der Waals surface area (Å²) in [6.07, 6.45) is 3.30. The van der Waals surface area contributed by atoms with Gasteiger partial charge in [-0.3, -0.25) is 14.5 Å². The fraction of sp³-hybridized carbons (Fsp3) is 0.367. The van der Waals surface area contributed by atoms with Gasteiger partial charge in [-0.25, -0.2) is 19.4 Å². The van der Waals surface area contributed by atoms with Gasteiger partial charge in [0.15, 0.2) is 5.82 Å². The van der Waals surface area contributed by atoms with Crippen LogP contribution in [-0.2, 0) is 14.4 Å². The first-order chi connectivity index (χ1) is 20.9. The van der Waals surface area contributed by atoms with Crippen LogP contribution in [0.15, 0.2) is 55.4 Å². The average molecular weight is 610 g/mol. The monoisotopic (exact) mass is 609 g/mol. The van der Waals surface area contributed by atoms with Crippen molar-refractivity contribution in [1.29, 1.82) is 0 Å². The molecule has 1 unspecified atom stereocenters. The van der Waals surface area contributed by atoms with Crippen LogP contribution in [0.25, 0.3) is 0 Å². The van der Waals surface area contributed by atoms with Crippen molar-refractivity contribution in [2.75, 3.05) is 73.7 Å². The number of rotatable bonds is 9. The largest absolute Gasteiger partial charge is 0.494 e. The van der Waals surface area contributed by atoms with Crippen LogP contribution >= 0.6 is 11.6 Å². The molecule has 3 aliphatic rings. The van der Waals surface area contributed by atoms with Crippen LogP contribution in [0.1, 0.15) is 18.0 Å². The second-order valence-electron chi connectivity index (χ2n) is 10.5. The highest BCUT2D eigenvalue weighted by Gasteiger charge is 2.31. The van der Waals surface area contributed by atoms with E-state index in [1.165, 1.54) is 24.5 Å². The van der Waals surface area contributed by atoms with Crippen molar-refractivity contribution in [3.63, 3.8) is 0 Å². The second kappa shape index (κ2) is 12.7. The number of anilines is 5. The molecule has 2 N–H and O–H groups in total. The van der Waals surface area contributed by atoms with Gasteiger partial charge in [0.1, 0.15) is 23.7 Å². The maximum Gasteiger partial charge on any atom is 0.247 e. The lowest BCUT2D eigenvalue weighted by atomic mass is 10.0. The second-order valence-corrected chi connectivity index (χ2v) is 11.0. The van der Waals surface area contributed by atoms with Crippen molar-refractivity contribution in [2.24, 2.45) is 0 Å². The predicted molar refractivity (Wildman–Crippen MR) is 163 cm³/mol. The minimum atomic E-state index is -0.413. The topological polar surface area (TPSA) is 104 Å². The normalized spacial score (nSPS) is 19.2. The van der Waals surface area contributed by atoms with Gasteiger partial charge in [0.05, 0.1) is 56.1 Å². The SMILES string of the molecule is C=CC(=O)Nc1cc(Nc2cc(N3OCCC3c3cc(F)cc(Cl)c3)ncn2)c(OC)cc1N1CCN(C2COC2)CC1. The molecule has 6 rings (SSSR count). The van der Waals surface area contributed by atoms with Crippen LogP contribution in [-0.4, -0.2) is 79.9 Å². The zero-order valence-corrected chi connectivity index (χ0v) is 24.5. The molecule has 3 aliphatic heterocycles. The highest BCUT2D eigenvalue weighted by Crippen LogP contribution is 2.40. The molecule has 1 aromatic heterocycles. The van der Waals surface area contributed by atoms with Crippen LogP contribution in [0.3, 0.4) is 0 Å². The number of carbonyl (C=O) groups excluding carboxylic acids is 1. The van der Waals surface area contributed by atoms with Crippen molar-refractivity contribution in [1.82, 2.24) is 14.9 Å². The summed E-state index contributed by atoms with van der Waals surface area (Å²) in [5.41, 5.74) is 2.76. The summed E-state index contributed by atoms with van der Waals surface area (Å²) in [5.74, 6) is 0.808. The summed E-state index contributed by atoms with van der Waals surface area (Å²) < 4.78 is 25.2. The number of nitrogens with zero attached hydrogens (tertiary/aromatic N) is 5. The molecule has 11 nitrogen and oxygen atoms in total. The summed E-state index contributed by atoms with van der Waals surface area (Å²) in [6, 6.07) is 10.1. The minimum Gasteiger partial charge on any atom is -0.494 e. The number of nitrogens with one attached hydrogen (secondary N) is 2. The average Bonchev–Trinajstić information content (AvgIpc) is 3.47. The lowest BCUT2D eigenvalue weighted by molar-refractivity contribution is -0.111. The van der Waals surface area contributed by atoms with E-state index < -0.39 is 5.82 Å². The van der Waals surface area contributed by atoms with Gasteiger partial charge in [0.2, 0.25) is 5.91 Å². The molecule has 226 valence electrons. The number of hydrogen-bond acceptors (Lipinski definition) is 10. The van der Waals surface area contributed by atoms with Gasteiger partial charge in [-0.05, 0) is 35.9 Å². The molecule has 1 atom stereocenters. The number of amides is 1. The van der Waals surface area contributed by atoms with E-state index in [1.807, 2.05) is 12.1 Å². The number of piperazine rings is 1. The molecule has 0 spiro atoms. The van der Waals surface area contributed by atoms with Crippen molar-refractivity contribution in [3.05, 3.63) is 71.8 Å². The predicted octanol–water partition coefficient (Wildman–Crippen LogP) is 4.55. The van der Waals surface area contributed by atoms with Gasteiger partial charge in [0, 0.05) is 49.8 Å². The maximum absolute atomic E-state index is 14.1. The molecule has 13 heteroatoms. The van der Waals surface area contributed by atoms with E-state index in [0.29, 0.717) is 58.4 Å². The lowest BCUT2D eigenvalue weighted by Gasteiger charge is -2.43. The molecule has 4 heterocycles. The number of hydroxylamine groups is 1. The lowest BCUT2D eigenvalue weighted by Crippen LogP contribution is -2.56. The number of carbonyl (C=O) groups is 1. The Morgan fingerprint density at radius 2 is 1.93 bits per heavy atom. The summed E-state index contributed by atoms with van der Waals surface area (Å²) in [5, 5.41) is 8.21. The van der Waals surface area contributed by atoms with Crippen LogP contribution in [0.5, 0.6) is 5.75 Å². The van der Waals surface area contributed by atoms with E-state index in [-0.39, 0.29) is 11.9 Å². The molecule has 0 bridgehead atoms. The van der Waals surface area contributed by atoms with E-state index >= 15 is 0 Å². The Morgan fingerprint density at radius 3 is 2.63 bits per heavy atom. The fourth-order valence-corrected chi connectivity index (χ4v) is 5.81. The fourth-order valence-electron chi connectivity index (χ4n) is 5.58. The van der Waals surface area contributed by atoms with E-state index in [2.05, 4.69) is 37.0 Å². The molecule has 3 aromatic rings. The minimum absolute atomic E-state index is 0.275. The highest BCUT2D eigenvalue weighted by molar-refractivity contribution is 6.30. The van der Waals surface area contributed by atoms with Crippen molar-refractivity contribution < 1.29 is 23.5 Å². The molecular weight excluding hydrogens is 577 g/mol. The number of methoxy groups -OCH3 is 1. The van der Waals surface area contributed by atoms with Crippen LogP contribution < -0.4 is 25.3 Å². The molecule has 43 heavy (non-hydrogen) atoms. The van der Waals surface area contributed by atoms with Crippen LogP contribution in [0.4, 0.5) is 33.1 Å². The van der Waals surface area contributed by atoms with Gasteiger partial charge in [0.25, 0.3) is 0 Å². The Balaban J connectivity index is 1.26. The smallest absolute Gasteiger partial charge is 0.247 e. The Kier molecular flexibility index (Phi) is 8.61. The van der Waals surface area contributed by atoms with Gasteiger partial charge in [-0.15, -0.1) is 0 Å². The van der Waals surface area contributed by atoms with Crippen molar-refractivity contribution in [3.8, 4) is 5.75 Å². The summed E-state index contributed by atoms with van der Waals surface area (Å²) in [7, 11) is 1.60. The first-order valence-corrected chi connectivity index (χ1v) is 14.5. The maximum atomic E-state index is 14.1. The van der Waals surface area contributed by atoms with Gasteiger partial charge >= 0.3 is 0 Å². The van der Waals surface area contributed by atoms with Crippen molar-refractivity contribution >= 4 is 46.2 Å². The van der Waals surface area contributed by atoms with E-state index in [1.54, 1.807) is 24.3 Å². The molecule has 0 radical (unpaired) electrons. The third kappa shape index (κ3) is 6.37. The summed E-state index contributed by atoms with van der Waals surface area (Å²) in [4.78, 5) is 31.8. The van der Waals surface area contributed by atoms with Crippen molar-refractivity contribution in [2.45, 2.75) is 18.5 Å². The number of hydrogen-bond donors (Lipinski definition) is 2. The zero-order valence-electron chi connectivity index (χ0n) is 23.8. The molecule has 0 aliphatic carbocycles. The summed E-state index contributed by atoms with van der Waals surface area (Å²) in [6.45, 7) is 9.00. The van der Waals surface area contributed by atoms with Gasteiger partial charge < -0.3 is 25.0 Å². The Hall–Kier alpha value is -3.97. The first kappa shape index (κ1) is 29.1. The van der Waals surface area contributed by atoms with Gasteiger partial charge in [-0.1, -0.05) is 18.2 Å². The molecule has 1 amide bonds. The Morgan fingerprint density at radius 1 is 1.12 bits per heavy atom. The van der Waals surface area contributed by atoms with Gasteiger partial charge in [-0.2, -0.15) is 0 Å². The molecule has 0 saturated carbocycles. The third-order valence-electron chi connectivity index (χ3n) is 7.87. The zero-order chi connectivity index (χ0) is 29.9. The van der Waals surface area contributed by atoms with Crippen LogP contribution in [0.2, 0.25) is 5.02 Å². The number of aromatic nitrogens is 2. The quantitative estimate of drug-likeness (QED) is 0.336. The standard InChI is InChI=1S/C30H33ClFN7O4/c1-3-30(40)36-23-13-24(27(41-2)14-26(23)38-7-5-37(6-8-38)22-16-42-17-22)35-28-15-29(34-18-33-28)39-25(4-9-43-39)19-10-20(31)12-21(32)11-19/h3,10-15,18,22,25H,1,4-9,16-17H2,2H3,(H,36,40)(H,33,34,35). The molecule has 3 saturated heterocycles. The Labute approximate surface area is 254 Å². The number of halogens is 2. The van der Waals surface area contributed by atoms with E-state index in [0.717, 1.165) is 45.1 Å². The van der Waals surface area contributed by atoms with E-state index in [4.69, 9.17) is 25.9 Å². The molecular formula is C30H33ClFN7O4. The highest BCUT2D eigenvalue weighted by atomic mass is 35.5. The summed E-state index contributed by atoms with van der Waals surface area (Å²) >= 11 is 6.12. The van der Waals surface area contributed by atoms with Crippen LogP contribution in [0, 0.1) is 5.82 Å². The number of benzene rings is 2. The molecule has 3 fully saturated rings. The third-order valence-corrected chi connectivity index (χ3v) is 8.09. The Bertz CT molecular complexity index is 1480.